The van der Waals surface area contributed by atoms with Gasteiger partial charge < -0.3 is 0 Å². The molecule has 1 aromatic carbocycles. The number of hydrogen-bond acceptors (Lipinski definition) is 4. The Morgan fingerprint density at radius 3 is 2.93 bits per heavy atom. The number of hydrogen-bond donors (Lipinski definition) is 2. The maximum Gasteiger partial charge on any atom is 0.110 e. The number of benzene rings is 1. The van der Waals surface area contributed by atoms with E-state index in [0.29, 0.717) is 12.3 Å². The van der Waals surface area contributed by atoms with Gasteiger partial charge >= 0.3 is 0 Å². The average Bonchev–Trinajstić information content (AvgIpc) is 2.25. The summed E-state index contributed by atoms with van der Waals surface area (Å²) in [5.41, 5.74) is 11.0. The zero-order valence-electron chi connectivity index (χ0n) is 8.29. The molecule has 14 heavy (non-hydrogen) atoms. The van der Waals surface area contributed by atoms with E-state index in [1.54, 1.807) is 6.07 Å². The van der Waals surface area contributed by atoms with Crippen LogP contribution in [0.4, 0.5) is 11.4 Å². The summed E-state index contributed by atoms with van der Waals surface area (Å²) >= 11 is 0. The molecule has 0 saturated heterocycles. The maximum atomic E-state index is 6.93. The van der Waals surface area contributed by atoms with Crippen LogP contribution in [0, 0.1) is 5.53 Å². The first kappa shape index (κ1) is 10.7. The largest absolute Gasteiger partial charge is 0.276 e. The van der Waals surface area contributed by atoms with E-state index in [-0.39, 0.29) is 0 Å². The molecule has 1 rings (SSSR count). The van der Waals surface area contributed by atoms with Gasteiger partial charge in [-0.3, -0.25) is 10.3 Å². The molecule has 0 unspecified atom stereocenters. The van der Waals surface area contributed by atoms with Crippen molar-refractivity contribution in [3.63, 3.8) is 0 Å². The van der Waals surface area contributed by atoms with Gasteiger partial charge in [0, 0.05) is 0 Å². The number of nitrogens with zero attached hydrogens (tertiary/aromatic N) is 1. The molecular weight excluding hydrogens is 178 g/mol. The molecule has 2 N–H and O–H groups in total. The van der Waals surface area contributed by atoms with Crippen molar-refractivity contribution in [2.75, 3.05) is 12.1 Å². The van der Waals surface area contributed by atoms with Gasteiger partial charge in [-0.05, 0) is 18.6 Å². The lowest BCUT2D eigenvalue weighted by atomic mass is 10.3. The van der Waals surface area contributed by atoms with Crippen molar-refractivity contribution in [3.05, 3.63) is 24.3 Å². The molecule has 0 fully saturated rings. The lowest BCUT2D eigenvalue weighted by molar-refractivity contribution is 0.190. The molecule has 0 spiro atoms. The van der Waals surface area contributed by atoms with Crippen molar-refractivity contribution >= 4 is 11.4 Å². The quantitative estimate of drug-likeness (QED) is 0.412. The zero-order chi connectivity index (χ0) is 10.2. The summed E-state index contributed by atoms with van der Waals surface area (Å²) in [6.45, 7) is 2.78. The van der Waals surface area contributed by atoms with Crippen molar-refractivity contribution in [2.24, 2.45) is 5.11 Å². The third kappa shape index (κ3) is 3.14. The SMILES string of the molecule is CCCCONc1ccccc1N=N. The number of unbranched alkanes of at least 4 members (excludes halogenated alkanes) is 1. The predicted octanol–water partition coefficient (Wildman–Crippen LogP) is 3.49. The average molecular weight is 193 g/mol. The fourth-order valence-corrected chi connectivity index (χ4v) is 1.00. The summed E-state index contributed by atoms with van der Waals surface area (Å²) in [6.07, 6.45) is 2.12. The molecule has 0 aliphatic heterocycles. The van der Waals surface area contributed by atoms with E-state index in [1.165, 1.54) is 0 Å². The van der Waals surface area contributed by atoms with Gasteiger partial charge in [0.2, 0.25) is 0 Å². The fourth-order valence-electron chi connectivity index (χ4n) is 1.00. The fraction of sp³-hybridized carbons (Fsp3) is 0.400. The number of nitrogens with one attached hydrogen (secondary N) is 2. The van der Waals surface area contributed by atoms with Gasteiger partial charge in [-0.15, -0.1) is 0 Å². The van der Waals surface area contributed by atoms with Crippen molar-refractivity contribution in [1.82, 2.24) is 0 Å². The van der Waals surface area contributed by atoms with Crippen molar-refractivity contribution in [3.8, 4) is 0 Å². The Morgan fingerprint density at radius 1 is 1.43 bits per heavy atom. The van der Waals surface area contributed by atoms with E-state index in [2.05, 4.69) is 17.5 Å². The molecule has 0 saturated carbocycles. The minimum absolute atomic E-state index is 0.587. The molecular formula is C10H15N3O. The van der Waals surface area contributed by atoms with Crippen LogP contribution < -0.4 is 5.48 Å². The number of rotatable bonds is 6. The van der Waals surface area contributed by atoms with E-state index in [0.717, 1.165) is 18.5 Å². The molecule has 4 nitrogen and oxygen atoms in total. The van der Waals surface area contributed by atoms with Crippen LogP contribution in [0.1, 0.15) is 19.8 Å². The lowest BCUT2D eigenvalue weighted by Gasteiger charge is -2.07. The molecule has 76 valence electrons. The standard InChI is InChI=1S/C10H15N3O/c1-2-3-8-14-13-10-7-5-4-6-9(10)12-11/h4-7,11,13H,2-3,8H2,1H3. The summed E-state index contributed by atoms with van der Waals surface area (Å²) in [4.78, 5) is 5.21. The molecule has 0 radical (unpaired) electrons. The molecule has 0 amide bonds. The molecule has 0 atom stereocenters. The highest BCUT2D eigenvalue weighted by atomic mass is 16.6. The van der Waals surface area contributed by atoms with Crippen LogP contribution in [0.25, 0.3) is 0 Å². The third-order valence-corrected chi connectivity index (χ3v) is 1.81. The van der Waals surface area contributed by atoms with E-state index < -0.39 is 0 Å². The summed E-state index contributed by atoms with van der Waals surface area (Å²) in [5.74, 6) is 0. The normalized spacial score (nSPS) is 9.79. The molecule has 0 aliphatic rings. The predicted molar refractivity (Wildman–Crippen MR) is 55.7 cm³/mol. The molecule has 0 aliphatic carbocycles. The Morgan fingerprint density at radius 2 is 2.21 bits per heavy atom. The lowest BCUT2D eigenvalue weighted by Crippen LogP contribution is -2.02. The summed E-state index contributed by atoms with van der Waals surface area (Å²) < 4.78 is 0. The van der Waals surface area contributed by atoms with Gasteiger partial charge in [0.15, 0.2) is 0 Å². The zero-order valence-corrected chi connectivity index (χ0v) is 8.29. The van der Waals surface area contributed by atoms with E-state index in [9.17, 15) is 0 Å². The van der Waals surface area contributed by atoms with Gasteiger partial charge in [0.25, 0.3) is 0 Å². The Balaban J connectivity index is 2.45. The molecule has 0 heterocycles. The highest BCUT2D eigenvalue weighted by Gasteiger charge is 1.98. The minimum Gasteiger partial charge on any atom is -0.276 e. The second-order valence-electron chi connectivity index (χ2n) is 2.93. The Hall–Kier alpha value is -1.42. The highest BCUT2D eigenvalue weighted by Crippen LogP contribution is 2.23. The second kappa shape index (κ2) is 6.10. The maximum absolute atomic E-state index is 6.93. The summed E-state index contributed by atoms with van der Waals surface area (Å²) in [5, 5.41) is 3.38. The first-order chi connectivity index (χ1) is 6.88. The van der Waals surface area contributed by atoms with Gasteiger partial charge in [0.05, 0.1) is 12.3 Å². The van der Waals surface area contributed by atoms with Crippen molar-refractivity contribution in [2.45, 2.75) is 19.8 Å². The molecule has 0 bridgehead atoms. The Bertz CT molecular complexity index is 288. The first-order valence-corrected chi connectivity index (χ1v) is 4.72. The van der Waals surface area contributed by atoms with E-state index in [1.807, 2.05) is 18.2 Å². The highest BCUT2D eigenvalue weighted by molar-refractivity contribution is 5.63. The van der Waals surface area contributed by atoms with Crippen LogP contribution in [0.3, 0.4) is 0 Å². The monoisotopic (exact) mass is 193 g/mol. The van der Waals surface area contributed by atoms with Crippen LogP contribution in [-0.4, -0.2) is 6.61 Å². The number of anilines is 1. The van der Waals surface area contributed by atoms with E-state index in [4.69, 9.17) is 10.4 Å². The summed E-state index contributed by atoms with van der Waals surface area (Å²) in [6, 6.07) is 7.31. The molecule has 0 aromatic heterocycles. The topological polar surface area (TPSA) is 57.5 Å². The van der Waals surface area contributed by atoms with Gasteiger partial charge in [-0.2, -0.15) is 5.11 Å². The van der Waals surface area contributed by atoms with Crippen LogP contribution in [0.15, 0.2) is 29.4 Å². The van der Waals surface area contributed by atoms with Crippen LogP contribution in [-0.2, 0) is 4.84 Å². The van der Waals surface area contributed by atoms with Gasteiger partial charge in [-0.25, -0.2) is 5.53 Å². The second-order valence-corrected chi connectivity index (χ2v) is 2.93. The third-order valence-electron chi connectivity index (χ3n) is 1.81. The molecule has 4 heteroatoms. The van der Waals surface area contributed by atoms with Crippen LogP contribution in [0.5, 0.6) is 0 Å². The Labute approximate surface area is 83.7 Å². The van der Waals surface area contributed by atoms with Crippen molar-refractivity contribution < 1.29 is 4.84 Å². The smallest absolute Gasteiger partial charge is 0.110 e. The molecule has 1 aromatic rings. The van der Waals surface area contributed by atoms with Gasteiger partial charge in [0.1, 0.15) is 5.69 Å². The summed E-state index contributed by atoms with van der Waals surface area (Å²) in [7, 11) is 0. The number of para-hydroxylation sites is 2. The van der Waals surface area contributed by atoms with E-state index >= 15 is 0 Å². The van der Waals surface area contributed by atoms with Crippen molar-refractivity contribution in [1.29, 1.82) is 5.53 Å². The van der Waals surface area contributed by atoms with Gasteiger partial charge in [-0.1, -0.05) is 25.5 Å². The Kier molecular flexibility index (Phi) is 4.64. The minimum atomic E-state index is 0.587. The first-order valence-electron chi connectivity index (χ1n) is 4.72. The van der Waals surface area contributed by atoms with Crippen LogP contribution >= 0.6 is 0 Å². The van der Waals surface area contributed by atoms with Crippen LogP contribution in [0.2, 0.25) is 0 Å².